The number of halogens is 1. The molecule has 1 heterocycles. The van der Waals surface area contributed by atoms with Crippen LogP contribution in [0.4, 0.5) is 0 Å². The maximum Gasteiger partial charge on any atom is 0.305 e. The summed E-state index contributed by atoms with van der Waals surface area (Å²) < 4.78 is 0. The third kappa shape index (κ3) is 11.7. The minimum Gasteiger partial charge on any atom is -0.481 e. The minimum absolute atomic E-state index is 0. The van der Waals surface area contributed by atoms with Crippen LogP contribution in [0.3, 0.4) is 0 Å². The normalized spacial score (nSPS) is 13.8. The van der Waals surface area contributed by atoms with E-state index in [4.69, 9.17) is 11.5 Å². The van der Waals surface area contributed by atoms with Crippen LogP contribution in [0.1, 0.15) is 51.0 Å². The van der Waals surface area contributed by atoms with Gasteiger partial charge in [-0.05, 0) is 42.9 Å². The SMILES string of the molecule is CCCCCC(N)C(=O)NC(=O)[C@H](CC(=O)O)NC(=O)[C@H](CCSC)NC(=O)[C@@H](N)Cc1c[nH]c2ccccc12.Cl. The summed E-state index contributed by atoms with van der Waals surface area (Å²) in [5.41, 5.74) is 13.8. The number of hydrogen-bond donors (Lipinski definition) is 7. The number of aromatic nitrogens is 1. The lowest BCUT2D eigenvalue weighted by molar-refractivity contribution is -0.142. The van der Waals surface area contributed by atoms with E-state index in [9.17, 15) is 29.1 Å². The van der Waals surface area contributed by atoms with Crippen LogP contribution in [-0.2, 0) is 30.4 Å². The van der Waals surface area contributed by atoms with E-state index in [1.165, 1.54) is 11.8 Å². The van der Waals surface area contributed by atoms with Crippen LogP contribution in [0.25, 0.3) is 10.9 Å². The zero-order valence-electron chi connectivity index (χ0n) is 23.3. The summed E-state index contributed by atoms with van der Waals surface area (Å²) in [4.78, 5) is 65.7. The second kappa shape index (κ2) is 18.3. The first kappa shape index (κ1) is 35.9. The zero-order chi connectivity index (χ0) is 29.7. The van der Waals surface area contributed by atoms with E-state index in [1.807, 2.05) is 37.4 Å². The highest BCUT2D eigenvalue weighted by atomic mass is 35.5. The van der Waals surface area contributed by atoms with Crippen LogP contribution in [0.15, 0.2) is 30.5 Å². The van der Waals surface area contributed by atoms with Crippen LogP contribution in [-0.4, -0.2) is 75.9 Å². The number of hydrogen-bond acceptors (Lipinski definition) is 8. The number of fused-ring (bicyclic) bond motifs is 1. The lowest BCUT2D eigenvalue weighted by Gasteiger charge is -2.23. The van der Waals surface area contributed by atoms with Gasteiger partial charge in [-0.15, -0.1) is 12.4 Å². The molecule has 0 fully saturated rings. The zero-order valence-corrected chi connectivity index (χ0v) is 24.9. The molecule has 0 saturated heterocycles. The van der Waals surface area contributed by atoms with Gasteiger partial charge in [0.2, 0.25) is 23.6 Å². The van der Waals surface area contributed by atoms with E-state index in [1.54, 1.807) is 6.20 Å². The summed E-state index contributed by atoms with van der Waals surface area (Å²) in [5, 5.41) is 17.3. The molecule has 0 aliphatic heterocycles. The largest absolute Gasteiger partial charge is 0.481 e. The summed E-state index contributed by atoms with van der Waals surface area (Å²) in [6.07, 6.45) is 6.15. The van der Waals surface area contributed by atoms with E-state index in [-0.39, 0.29) is 25.2 Å². The predicted octanol–water partition coefficient (Wildman–Crippen LogP) is 1.21. The van der Waals surface area contributed by atoms with Crippen molar-refractivity contribution < 1.29 is 29.1 Å². The summed E-state index contributed by atoms with van der Waals surface area (Å²) in [7, 11) is 0. The molecule has 1 unspecified atom stereocenters. The van der Waals surface area contributed by atoms with E-state index in [0.29, 0.717) is 18.6 Å². The third-order valence-corrected chi connectivity index (χ3v) is 7.05. The molecular weight excluding hydrogens is 572 g/mol. The maximum atomic E-state index is 13.1. The number of carboxylic acids is 1. The average molecular weight is 613 g/mol. The van der Waals surface area contributed by atoms with Gasteiger partial charge in [0.25, 0.3) is 0 Å². The van der Waals surface area contributed by atoms with Gasteiger partial charge in [0.15, 0.2) is 0 Å². The molecule has 9 N–H and O–H groups in total. The standard InChI is InChI=1S/C27H40N6O6S.ClH/c1-3-4-5-9-18(28)24(36)33-27(39)22(14-23(34)35)32-26(38)21(11-12-40-2)31-25(37)19(29)13-16-15-30-20-10-7-6-8-17(16)20;/h6-8,10,15,18-19,21-22,30H,3-5,9,11-14,28-29H2,1-2H3,(H,31,37)(H,32,38)(H,34,35)(H,33,36,39);1H/t18?,19-,21-,22-;/m0./s1. The topological polar surface area (TPSA) is 210 Å². The molecule has 228 valence electrons. The van der Waals surface area contributed by atoms with Crippen LogP contribution in [0.5, 0.6) is 0 Å². The summed E-state index contributed by atoms with van der Waals surface area (Å²) in [6, 6.07) is 3.06. The first-order valence-corrected chi connectivity index (χ1v) is 14.7. The van der Waals surface area contributed by atoms with Gasteiger partial charge in [0.05, 0.1) is 18.5 Å². The Morgan fingerprint density at radius 1 is 0.927 bits per heavy atom. The number of aromatic amines is 1. The second-order valence-corrected chi connectivity index (χ2v) is 10.6. The quantitative estimate of drug-likeness (QED) is 0.128. The van der Waals surface area contributed by atoms with Crippen molar-refractivity contribution in [2.75, 3.05) is 12.0 Å². The Bertz CT molecular complexity index is 1180. The van der Waals surface area contributed by atoms with Gasteiger partial charge >= 0.3 is 5.97 Å². The number of amides is 4. The molecule has 41 heavy (non-hydrogen) atoms. The molecule has 12 nitrogen and oxygen atoms in total. The molecule has 0 saturated carbocycles. The Morgan fingerprint density at radius 2 is 1.61 bits per heavy atom. The highest BCUT2D eigenvalue weighted by Crippen LogP contribution is 2.19. The molecule has 2 rings (SSSR count). The first-order valence-electron chi connectivity index (χ1n) is 13.3. The minimum atomic E-state index is -1.55. The van der Waals surface area contributed by atoms with Gasteiger partial charge in [0.1, 0.15) is 12.1 Å². The smallest absolute Gasteiger partial charge is 0.305 e. The number of H-pyrrole nitrogens is 1. The fourth-order valence-electron chi connectivity index (χ4n) is 4.12. The van der Waals surface area contributed by atoms with Crippen LogP contribution < -0.4 is 27.4 Å². The number of imide groups is 1. The van der Waals surface area contributed by atoms with Crippen molar-refractivity contribution in [3.8, 4) is 0 Å². The van der Waals surface area contributed by atoms with Crippen LogP contribution >= 0.6 is 24.2 Å². The molecule has 14 heteroatoms. The lowest BCUT2D eigenvalue weighted by atomic mass is 10.0. The molecule has 0 aliphatic rings. The van der Waals surface area contributed by atoms with E-state index >= 15 is 0 Å². The van der Waals surface area contributed by atoms with Crippen molar-refractivity contribution in [3.63, 3.8) is 0 Å². The summed E-state index contributed by atoms with van der Waals surface area (Å²) in [6.45, 7) is 2.00. The van der Waals surface area contributed by atoms with E-state index in [0.717, 1.165) is 29.3 Å². The monoisotopic (exact) mass is 612 g/mol. The number of carbonyl (C=O) groups excluding carboxylic acids is 4. The Labute approximate surface area is 249 Å². The molecular formula is C27H41ClN6O6S. The van der Waals surface area contributed by atoms with Gasteiger partial charge in [-0.2, -0.15) is 11.8 Å². The number of nitrogens with one attached hydrogen (secondary N) is 4. The number of carbonyl (C=O) groups is 5. The molecule has 0 spiro atoms. The van der Waals surface area contributed by atoms with Crippen molar-refractivity contribution in [2.24, 2.45) is 11.5 Å². The molecule has 0 aliphatic carbocycles. The Morgan fingerprint density at radius 3 is 2.27 bits per heavy atom. The Kier molecular flexibility index (Phi) is 16.1. The maximum absolute atomic E-state index is 13.1. The molecule has 0 radical (unpaired) electrons. The molecule has 4 amide bonds. The third-order valence-electron chi connectivity index (χ3n) is 6.41. The fraction of sp³-hybridized carbons (Fsp3) is 0.519. The average Bonchev–Trinajstić information content (AvgIpc) is 3.32. The van der Waals surface area contributed by atoms with Gasteiger partial charge < -0.3 is 32.2 Å². The number of aliphatic carboxylic acids is 1. The van der Waals surface area contributed by atoms with Crippen molar-refractivity contribution in [3.05, 3.63) is 36.0 Å². The fourth-order valence-corrected chi connectivity index (χ4v) is 4.59. The number of unbranched alkanes of at least 4 members (excludes halogenated alkanes) is 2. The highest BCUT2D eigenvalue weighted by Gasteiger charge is 2.31. The summed E-state index contributed by atoms with van der Waals surface area (Å²) in [5.74, 6) is -3.93. The predicted molar refractivity (Wildman–Crippen MR) is 162 cm³/mol. The second-order valence-electron chi connectivity index (χ2n) is 9.63. The van der Waals surface area contributed by atoms with Gasteiger partial charge in [-0.3, -0.25) is 29.3 Å². The summed E-state index contributed by atoms with van der Waals surface area (Å²) >= 11 is 1.44. The molecule has 4 atom stereocenters. The van der Waals surface area contributed by atoms with Crippen molar-refractivity contribution in [2.45, 2.75) is 76.0 Å². The molecule has 2 aromatic rings. The van der Waals surface area contributed by atoms with E-state index < -0.39 is 60.2 Å². The molecule has 1 aromatic heterocycles. The van der Waals surface area contributed by atoms with Crippen LogP contribution in [0, 0.1) is 0 Å². The van der Waals surface area contributed by atoms with Gasteiger partial charge in [-0.1, -0.05) is 44.4 Å². The Balaban J connectivity index is 0.00000840. The van der Waals surface area contributed by atoms with Crippen molar-refractivity contribution in [1.29, 1.82) is 0 Å². The Hall–Kier alpha value is -3.13. The van der Waals surface area contributed by atoms with Gasteiger partial charge in [0, 0.05) is 17.1 Å². The number of rotatable bonds is 17. The molecule has 1 aromatic carbocycles. The highest BCUT2D eigenvalue weighted by molar-refractivity contribution is 7.98. The number of benzene rings is 1. The van der Waals surface area contributed by atoms with Crippen molar-refractivity contribution in [1.82, 2.24) is 20.9 Å². The number of carboxylic acid groups (broad SMARTS) is 1. The van der Waals surface area contributed by atoms with Gasteiger partial charge in [-0.25, -0.2) is 0 Å². The lowest BCUT2D eigenvalue weighted by Crippen LogP contribution is -2.57. The van der Waals surface area contributed by atoms with Crippen molar-refractivity contribution >= 4 is 64.7 Å². The number of thioether (sulfide) groups is 1. The van der Waals surface area contributed by atoms with E-state index in [2.05, 4.69) is 20.9 Å². The molecule has 0 bridgehead atoms. The number of nitrogens with two attached hydrogens (primary N) is 2. The van der Waals surface area contributed by atoms with Crippen LogP contribution in [0.2, 0.25) is 0 Å². The first-order chi connectivity index (χ1) is 19.1. The number of para-hydroxylation sites is 1.